The molecule has 2 aliphatic heterocycles. The number of hydrogen-bond acceptors (Lipinski definition) is 4. The minimum absolute atomic E-state index is 0.152. The van der Waals surface area contributed by atoms with Gasteiger partial charge in [0, 0.05) is 36.7 Å². The summed E-state index contributed by atoms with van der Waals surface area (Å²) in [7, 11) is 0. The Balaban J connectivity index is 1.25. The molecule has 3 aromatic rings. The van der Waals surface area contributed by atoms with Crippen LogP contribution in [0.25, 0.3) is 0 Å². The molecule has 6 rings (SSSR count). The van der Waals surface area contributed by atoms with Crippen LogP contribution in [0.5, 0.6) is 5.75 Å². The number of anilines is 1. The standard InChI is InChI=1S/C31H34N2O3/c34-26-11-13-28-24(18-26)8-12-27(22-4-2-1-3-5-22)30(28)23-6-9-25(10-7-23)33-17-15-31(21-33)14-16-32(20-31)19-29(35)36/h1-7,9-11,13,18,27,30,34H,8,12,14-17,19-21H2,(H,35,36)/t27-,30+,31?/m1/s1. The maximum Gasteiger partial charge on any atom is 0.317 e. The Labute approximate surface area is 213 Å². The Bertz CT molecular complexity index is 1240. The van der Waals surface area contributed by atoms with Gasteiger partial charge in [-0.25, -0.2) is 0 Å². The van der Waals surface area contributed by atoms with E-state index < -0.39 is 5.97 Å². The first kappa shape index (κ1) is 23.1. The summed E-state index contributed by atoms with van der Waals surface area (Å²) in [5.74, 6) is 0.279. The predicted molar refractivity (Wildman–Crippen MR) is 142 cm³/mol. The summed E-state index contributed by atoms with van der Waals surface area (Å²) in [4.78, 5) is 15.7. The summed E-state index contributed by atoms with van der Waals surface area (Å²) < 4.78 is 0. The Hall–Kier alpha value is -3.31. The number of carbonyl (C=O) groups is 1. The van der Waals surface area contributed by atoms with Gasteiger partial charge in [-0.2, -0.15) is 0 Å². The summed E-state index contributed by atoms with van der Waals surface area (Å²) in [6.07, 6.45) is 4.25. The zero-order chi connectivity index (χ0) is 24.7. The number of phenolic OH excluding ortho intramolecular Hbond substituents is 1. The van der Waals surface area contributed by atoms with Gasteiger partial charge >= 0.3 is 5.97 Å². The largest absolute Gasteiger partial charge is 0.508 e. The summed E-state index contributed by atoms with van der Waals surface area (Å²) in [5.41, 5.74) is 6.75. The highest BCUT2D eigenvalue weighted by Gasteiger charge is 2.43. The molecule has 0 radical (unpaired) electrons. The van der Waals surface area contributed by atoms with Crippen molar-refractivity contribution in [3.05, 3.63) is 95.1 Å². The Kier molecular flexibility index (Phi) is 5.96. The first-order chi connectivity index (χ1) is 17.5. The van der Waals surface area contributed by atoms with E-state index in [4.69, 9.17) is 0 Å². The number of nitrogens with zero attached hydrogens (tertiary/aromatic N) is 2. The van der Waals surface area contributed by atoms with E-state index in [2.05, 4.69) is 70.5 Å². The number of aliphatic carboxylic acids is 1. The predicted octanol–water partition coefficient (Wildman–Crippen LogP) is 5.24. The molecule has 0 aromatic heterocycles. The van der Waals surface area contributed by atoms with E-state index >= 15 is 0 Å². The van der Waals surface area contributed by atoms with Crippen molar-refractivity contribution in [3.63, 3.8) is 0 Å². The molecule has 186 valence electrons. The number of carboxylic acid groups (broad SMARTS) is 1. The molecule has 3 aromatic carbocycles. The minimum atomic E-state index is -0.731. The fourth-order valence-electron chi connectivity index (χ4n) is 7.01. The maximum absolute atomic E-state index is 11.1. The zero-order valence-corrected chi connectivity index (χ0v) is 20.6. The van der Waals surface area contributed by atoms with E-state index in [0.29, 0.717) is 11.7 Å². The SMILES string of the molecule is O=C(O)CN1CCC2(CCN(c3ccc([C@@H]4c5ccc(O)cc5CC[C@@H]4c4ccccc4)cc3)C2)C1. The molecule has 36 heavy (non-hydrogen) atoms. The van der Waals surface area contributed by atoms with Crippen molar-refractivity contribution >= 4 is 11.7 Å². The molecule has 5 heteroatoms. The third-order valence-electron chi connectivity index (χ3n) is 8.75. The monoisotopic (exact) mass is 482 g/mol. The molecule has 3 aliphatic rings. The molecule has 3 atom stereocenters. The third kappa shape index (κ3) is 4.37. The smallest absolute Gasteiger partial charge is 0.317 e. The lowest BCUT2D eigenvalue weighted by molar-refractivity contribution is -0.138. The van der Waals surface area contributed by atoms with Crippen LogP contribution in [0.1, 0.15) is 53.4 Å². The van der Waals surface area contributed by atoms with Crippen LogP contribution in [0.15, 0.2) is 72.8 Å². The number of aromatic hydroxyl groups is 1. The Morgan fingerprint density at radius 2 is 1.69 bits per heavy atom. The lowest BCUT2D eigenvalue weighted by atomic mass is 9.69. The van der Waals surface area contributed by atoms with Crippen LogP contribution >= 0.6 is 0 Å². The zero-order valence-electron chi connectivity index (χ0n) is 20.6. The maximum atomic E-state index is 11.1. The number of carboxylic acids is 1. The Morgan fingerprint density at radius 3 is 2.47 bits per heavy atom. The fraction of sp³-hybridized carbons (Fsp3) is 0.387. The molecule has 2 fully saturated rings. The van der Waals surface area contributed by atoms with Crippen molar-refractivity contribution < 1.29 is 15.0 Å². The fourth-order valence-corrected chi connectivity index (χ4v) is 7.01. The number of hydrogen-bond donors (Lipinski definition) is 2. The van der Waals surface area contributed by atoms with Gasteiger partial charge in [0.25, 0.3) is 0 Å². The summed E-state index contributed by atoms with van der Waals surface area (Å²) in [5, 5.41) is 19.3. The van der Waals surface area contributed by atoms with E-state index in [-0.39, 0.29) is 17.9 Å². The second-order valence-corrected chi connectivity index (χ2v) is 11.0. The number of fused-ring (bicyclic) bond motifs is 1. The molecule has 1 spiro atoms. The van der Waals surface area contributed by atoms with Crippen molar-refractivity contribution in [2.45, 2.75) is 37.5 Å². The number of benzene rings is 3. The van der Waals surface area contributed by atoms with Crippen LogP contribution < -0.4 is 4.90 Å². The normalized spacial score (nSPS) is 25.8. The first-order valence-corrected chi connectivity index (χ1v) is 13.2. The van der Waals surface area contributed by atoms with Crippen molar-refractivity contribution in [2.24, 2.45) is 5.41 Å². The van der Waals surface area contributed by atoms with Crippen LogP contribution in [-0.4, -0.2) is 53.8 Å². The van der Waals surface area contributed by atoms with E-state index in [1.807, 2.05) is 12.1 Å². The third-order valence-corrected chi connectivity index (χ3v) is 8.75. The van der Waals surface area contributed by atoms with Gasteiger partial charge in [0.05, 0.1) is 6.54 Å². The van der Waals surface area contributed by atoms with Gasteiger partial charge < -0.3 is 15.1 Å². The van der Waals surface area contributed by atoms with E-state index in [0.717, 1.165) is 51.9 Å². The second kappa shape index (κ2) is 9.29. The molecular weight excluding hydrogens is 448 g/mol. The highest BCUT2D eigenvalue weighted by molar-refractivity contribution is 5.69. The average molecular weight is 483 g/mol. The second-order valence-electron chi connectivity index (χ2n) is 11.0. The van der Waals surface area contributed by atoms with Crippen LogP contribution in [0, 0.1) is 5.41 Å². The van der Waals surface area contributed by atoms with Crippen LogP contribution in [0.2, 0.25) is 0 Å². The molecule has 2 saturated heterocycles. The molecule has 0 bridgehead atoms. The van der Waals surface area contributed by atoms with Gasteiger partial charge in [-0.1, -0.05) is 48.5 Å². The minimum Gasteiger partial charge on any atom is -0.508 e. The van der Waals surface area contributed by atoms with Crippen LogP contribution in [-0.2, 0) is 11.2 Å². The van der Waals surface area contributed by atoms with Crippen LogP contribution in [0.4, 0.5) is 5.69 Å². The van der Waals surface area contributed by atoms with E-state index in [9.17, 15) is 15.0 Å². The highest BCUT2D eigenvalue weighted by atomic mass is 16.4. The topological polar surface area (TPSA) is 64.0 Å². The molecule has 1 aliphatic carbocycles. The molecule has 2 N–H and O–H groups in total. The van der Waals surface area contributed by atoms with Gasteiger partial charge in [-0.3, -0.25) is 9.69 Å². The Morgan fingerprint density at radius 1 is 0.917 bits per heavy atom. The number of phenols is 1. The number of likely N-dealkylation sites (tertiary alicyclic amines) is 1. The number of aryl methyl sites for hydroxylation is 1. The van der Waals surface area contributed by atoms with Gasteiger partial charge in [-0.05, 0) is 84.7 Å². The van der Waals surface area contributed by atoms with E-state index in [1.54, 1.807) is 0 Å². The van der Waals surface area contributed by atoms with Crippen molar-refractivity contribution in [2.75, 3.05) is 37.6 Å². The van der Waals surface area contributed by atoms with Crippen molar-refractivity contribution in [1.82, 2.24) is 4.90 Å². The first-order valence-electron chi connectivity index (χ1n) is 13.2. The van der Waals surface area contributed by atoms with Gasteiger partial charge in [0.1, 0.15) is 5.75 Å². The van der Waals surface area contributed by atoms with Gasteiger partial charge in [-0.15, -0.1) is 0 Å². The highest BCUT2D eigenvalue weighted by Crippen LogP contribution is 2.47. The number of rotatable bonds is 5. The molecule has 5 nitrogen and oxygen atoms in total. The summed E-state index contributed by atoms with van der Waals surface area (Å²) in [6.45, 7) is 3.95. The van der Waals surface area contributed by atoms with Crippen molar-refractivity contribution in [1.29, 1.82) is 0 Å². The lowest BCUT2D eigenvalue weighted by Gasteiger charge is -2.35. The molecule has 0 saturated carbocycles. The molecule has 1 unspecified atom stereocenters. The molecule has 2 heterocycles. The lowest BCUT2D eigenvalue weighted by Crippen LogP contribution is -2.33. The summed E-state index contributed by atoms with van der Waals surface area (Å²) >= 11 is 0. The summed E-state index contributed by atoms with van der Waals surface area (Å²) in [6, 6.07) is 25.9. The molecule has 0 amide bonds. The van der Waals surface area contributed by atoms with Gasteiger partial charge in [0.15, 0.2) is 0 Å². The quantitative estimate of drug-likeness (QED) is 0.521. The average Bonchev–Trinajstić information content (AvgIpc) is 3.49. The van der Waals surface area contributed by atoms with Gasteiger partial charge in [0.2, 0.25) is 0 Å². The van der Waals surface area contributed by atoms with Crippen molar-refractivity contribution in [3.8, 4) is 5.75 Å². The van der Waals surface area contributed by atoms with Crippen LogP contribution in [0.3, 0.4) is 0 Å². The molecular formula is C31H34N2O3. The van der Waals surface area contributed by atoms with E-state index in [1.165, 1.54) is 27.9 Å².